The van der Waals surface area contributed by atoms with E-state index < -0.39 is 0 Å². The molecule has 7 nitrogen and oxygen atoms in total. The number of carbonyl (C=O) groups is 1. The van der Waals surface area contributed by atoms with E-state index in [2.05, 4.69) is 27.4 Å². The molecule has 0 aliphatic carbocycles. The maximum Gasteiger partial charge on any atom is 0.269 e. The smallest absolute Gasteiger partial charge is 0.269 e. The molecular formula is C21H25N5O2S. The molecule has 29 heavy (non-hydrogen) atoms. The van der Waals surface area contributed by atoms with Gasteiger partial charge in [0.15, 0.2) is 5.13 Å². The van der Waals surface area contributed by atoms with Crippen molar-refractivity contribution < 1.29 is 9.53 Å². The highest BCUT2D eigenvalue weighted by Gasteiger charge is 2.22. The second-order valence-corrected chi connectivity index (χ2v) is 8.04. The van der Waals surface area contributed by atoms with Crippen molar-refractivity contribution >= 4 is 32.6 Å². The number of nitrogens with one attached hydrogen (secondary N) is 2. The fraction of sp³-hybridized carbons (Fsp3) is 0.381. The summed E-state index contributed by atoms with van der Waals surface area (Å²) in [4.78, 5) is 23.0. The van der Waals surface area contributed by atoms with Crippen LogP contribution in [-0.4, -0.2) is 53.5 Å². The Kier molecular flexibility index (Phi) is 5.92. The monoisotopic (exact) mass is 411 g/mol. The van der Waals surface area contributed by atoms with E-state index in [-0.39, 0.29) is 5.91 Å². The van der Waals surface area contributed by atoms with Crippen molar-refractivity contribution in [2.24, 2.45) is 0 Å². The van der Waals surface area contributed by atoms with E-state index in [9.17, 15) is 4.79 Å². The summed E-state index contributed by atoms with van der Waals surface area (Å²) < 4.78 is 6.99. The number of fused-ring (bicyclic) bond motifs is 1. The summed E-state index contributed by atoms with van der Waals surface area (Å²) in [5, 5.41) is 7.01. The zero-order valence-electron chi connectivity index (χ0n) is 16.6. The number of likely N-dealkylation sites (tertiary alicyclic amines) is 1. The number of rotatable bonds is 7. The summed E-state index contributed by atoms with van der Waals surface area (Å²) in [5.41, 5.74) is 1.27. The van der Waals surface area contributed by atoms with E-state index in [0.29, 0.717) is 23.2 Å². The Morgan fingerprint density at radius 2 is 2.17 bits per heavy atom. The Hall–Kier alpha value is -2.71. The minimum atomic E-state index is -0.243. The Balaban J connectivity index is 1.45. The first-order valence-corrected chi connectivity index (χ1v) is 10.7. The van der Waals surface area contributed by atoms with Crippen LogP contribution in [0.15, 0.2) is 36.5 Å². The molecule has 152 valence electrons. The average Bonchev–Trinajstić information content (AvgIpc) is 3.37. The number of ether oxygens (including phenoxy) is 1. The highest BCUT2D eigenvalue weighted by Crippen LogP contribution is 2.31. The topological polar surface area (TPSA) is 79.4 Å². The van der Waals surface area contributed by atoms with Crippen molar-refractivity contribution in [1.29, 1.82) is 0 Å². The second kappa shape index (κ2) is 8.75. The van der Waals surface area contributed by atoms with Crippen molar-refractivity contribution in [3.63, 3.8) is 0 Å². The summed E-state index contributed by atoms with van der Waals surface area (Å²) >= 11 is 1.63. The number of nitrogens with zero attached hydrogens (tertiary/aromatic N) is 3. The lowest BCUT2D eigenvalue weighted by atomic mass is 10.2. The van der Waals surface area contributed by atoms with Crippen LogP contribution >= 0.6 is 11.3 Å². The predicted octanol–water partition coefficient (Wildman–Crippen LogP) is 3.74. The molecule has 4 rings (SSSR count). The predicted molar refractivity (Wildman–Crippen MR) is 116 cm³/mol. The number of likely N-dealkylation sites (N-methyl/N-ethyl adjacent to an activating group) is 1. The fourth-order valence-corrected chi connectivity index (χ4v) is 4.56. The fourth-order valence-electron chi connectivity index (χ4n) is 3.65. The molecule has 3 aromatic rings. The Morgan fingerprint density at radius 3 is 3.00 bits per heavy atom. The molecule has 1 atom stereocenters. The lowest BCUT2D eigenvalue weighted by Crippen LogP contribution is -2.34. The van der Waals surface area contributed by atoms with Gasteiger partial charge in [-0.05, 0) is 44.1 Å². The van der Waals surface area contributed by atoms with Gasteiger partial charge in [-0.2, -0.15) is 0 Å². The van der Waals surface area contributed by atoms with Gasteiger partial charge >= 0.3 is 0 Å². The van der Waals surface area contributed by atoms with Gasteiger partial charge in [-0.3, -0.25) is 14.7 Å². The van der Waals surface area contributed by atoms with Gasteiger partial charge in [-0.25, -0.2) is 4.98 Å². The molecule has 0 bridgehead atoms. The Morgan fingerprint density at radius 1 is 1.31 bits per heavy atom. The lowest BCUT2D eigenvalue weighted by molar-refractivity contribution is 0.0958. The molecule has 0 saturated carbocycles. The Labute approximate surface area is 174 Å². The van der Waals surface area contributed by atoms with Crippen molar-refractivity contribution in [2.75, 3.05) is 32.0 Å². The van der Waals surface area contributed by atoms with Crippen molar-refractivity contribution in [2.45, 2.75) is 25.8 Å². The van der Waals surface area contributed by atoms with Gasteiger partial charge in [0, 0.05) is 38.0 Å². The number of aromatic nitrogens is 2. The molecule has 0 radical (unpaired) electrons. The molecule has 2 N–H and O–H groups in total. The summed E-state index contributed by atoms with van der Waals surface area (Å²) in [6.07, 6.45) is 4.08. The summed E-state index contributed by atoms with van der Waals surface area (Å²) in [6.45, 7) is 5.44. The number of pyridine rings is 1. The molecule has 1 saturated heterocycles. The van der Waals surface area contributed by atoms with Crippen LogP contribution in [0.25, 0.3) is 10.2 Å². The first-order chi connectivity index (χ1) is 14.2. The van der Waals surface area contributed by atoms with Crippen LogP contribution in [0.2, 0.25) is 0 Å². The molecule has 1 fully saturated rings. The lowest BCUT2D eigenvalue weighted by Gasteiger charge is -2.22. The van der Waals surface area contributed by atoms with Crippen molar-refractivity contribution in [1.82, 2.24) is 20.2 Å². The Bertz CT molecular complexity index is 1010. The van der Waals surface area contributed by atoms with E-state index in [1.54, 1.807) is 36.7 Å². The quantitative estimate of drug-likeness (QED) is 0.617. The maximum atomic E-state index is 11.7. The van der Waals surface area contributed by atoms with Crippen molar-refractivity contribution in [3.8, 4) is 11.5 Å². The molecular weight excluding hydrogens is 386 g/mol. The third-order valence-electron chi connectivity index (χ3n) is 5.18. The SMILES string of the molecule is CCN1CCC[C@H]1CNc1nc2ccc(Oc3ccnc(C(=O)NC)c3)cc2s1. The molecule has 1 amide bonds. The van der Waals surface area contributed by atoms with Crippen molar-refractivity contribution in [3.05, 3.63) is 42.2 Å². The van der Waals surface area contributed by atoms with Gasteiger partial charge in [0.05, 0.1) is 10.2 Å². The van der Waals surface area contributed by atoms with Crippen LogP contribution in [0.4, 0.5) is 5.13 Å². The van der Waals surface area contributed by atoms with E-state index in [1.807, 2.05) is 18.2 Å². The number of anilines is 1. The van der Waals surface area contributed by atoms with Gasteiger partial charge in [0.1, 0.15) is 17.2 Å². The molecule has 2 aromatic heterocycles. The maximum absolute atomic E-state index is 11.7. The largest absolute Gasteiger partial charge is 0.457 e. The summed E-state index contributed by atoms with van der Waals surface area (Å²) in [7, 11) is 1.58. The van der Waals surface area contributed by atoms with Crippen LogP contribution in [0.3, 0.4) is 0 Å². The van der Waals surface area contributed by atoms with E-state index in [0.717, 1.165) is 28.4 Å². The second-order valence-electron chi connectivity index (χ2n) is 7.01. The van der Waals surface area contributed by atoms with Crippen LogP contribution in [-0.2, 0) is 0 Å². The number of hydrogen-bond acceptors (Lipinski definition) is 7. The van der Waals surface area contributed by atoms with E-state index >= 15 is 0 Å². The number of benzene rings is 1. The van der Waals surface area contributed by atoms with Gasteiger partial charge in [-0.15, -0.1) is 0 Å². The van der Waals surface area contributed by atoms with Gasteiger partial charge < -0.3 is 15.4 Å². The first-order valence-electron chi connectivity index (χ1n) is 9.90. The van der Waals surface area contributed by atoms with E-state index in [4.69, 9.17) is 9.72 Å². The summed E-state index contributed by atoms with van der Waals surface area (Å²) in [6, 6.07) is 9.78. The van der Waals surface area contributed by atoms with Gasteiger partial charge in [-0.1, -0.05) is 18.3 Å². The number of amides is 1. The summed E-state index contributed by atoms with van der Waals surface area (Å²) in [5.74, 6) is 1.03. The molecule has 1 aliphatic rings. The number of thiazole rings is 1. The minimum absolute atomic E-state index is 0.243. The first kappa shape index (κ1) is 19.6. The highest BCUT2D eigenvalue weighted by molar-refractivity contribution is 7.22. The van der Waals surface area contributed by atoms with Gasteiger partial charge in [0.25, 0.3) is 5.91 Å². The minimum Gasteiger partial charge on any atom is -0.457 e. The van der Waals surface area contributed by atoms with E-state index in [1.165, 1.54) is 19.4 Å². The zero-order valence-corrected chi connectivity index (χ0v) is 17.5. The standard InChI is InChI=1S/C21H25N5O2S/c1-3-26-10-4-5-14(26)13-24-21-25-17-7-6-15(12-19(17)29-21)28-16-8-9-23-18(11-16)20(27)22-2/h6-9,11-12,14H,3-5,10,13H2,1-2H3,(H,22,27)(H,24,25)/t14-/m0/s1. The number of hydrogen-bond donors (Lipinski definition) is 2. The third kappa shape index (κ3) is 4.49. The third-order valence-corrected chi connectivity index (χ3v) is 6.16. The molecule has 3 heterocycles. The highest BCUT2D eigenvalue weighted by atomic mass is 32.1. The molecule has 1 aliphatic heterocycles. The molecule has 8 heteroatoms. The molecule has 0 unspecified atom stereocenters. The van der Waals surface area contributed by atoms with Crippen LogP contribution in [0.5, 0.6) is 11.5 Å². The average molecular weight is 412 g/mol. The van der Waals surface area contributed by atoms with Crippen LogP contribution < -0.4 is 15.4 Å². The normalized spacial score (nSPS) is 16.8. The van der Waals surface area contributed by atoms with Crippen LogP contribution in [0, 0.1) is 0 Å². The number of carbonyl (C=O) groups excluding carboxylic acids is 1. The molecule has 1 aromatic carbocycles. The molecule has 0 spiro atoms. The zero-order chi connectivity index (χ0) is 20.2. The van der Waals surface area contributed by atoms with Gasteiger partial charge in [0.2, 0.25) is 0 Å². The van der Waals surface area contributed by atoms with Crippen LogP contribution in [0.1, 0.15) is 30.3 Å².